The van der Waals surface area contributed by atoms with E-state index in [1.807, 2.05) is 19.1 Å². The fourth-order valence-electron chi connectivity index (χ4n) is 1.59. The third-order valence-corrected chi connectivity index (χ3v) is 3.72. The maximum absolute atomic E-state index is 12.0. The average Bonchev–Trinajstić information content (AvgIpc) is 2.93. The first-order valence-corrected chi connectivity index (χ1v) is 7.07. The molecule has 0 atom stereocenters. The number of carbonyl (C=O) groups is 2. The minimum absolute atomic E-state index is 0.185. The van der Waals surface area contributed by atoms with Crippen molar-refractivity contribution in [2.24, 2.45) is 0 Å². The monoisotopic (exact) mass is 302 g/mol. The Labute approximate surface area is 126 Å². The van der Waals surface area contributed by atoms with Gasteiger partial charge in [-0.05, 0) is 36.8 Å². The number of carboxylic acid groups (broad SMARTS) is 1. The van der Waals surface area contributed by atoms with Crippen LogP contribution in [0.3, 0.4) is 0 Å². The van der Waals surface area contributed by atoms with E-state index in [-0.39, 0.29) is 5.91 Å². The molecule has 0 aromatic carbocycles. The second-order valence-corrected chi connectivity index (χ2v) is 5.48. The van der Waals surface area contributed by atoms with Gasteiger partial charge in [-0.25, -0.2) is 4.79 Å². The molecule has 2 aromatic heterocycles. The largest absolute Gasteiger partial charge is 0.478 e. The van der Waals surface area contributed by atoms with Crippen LogP contribution >= 0.6 is 11.3 Å². The van der Waals surface area contributed by atoms with Gasteiger partial charge in [0.1, 0.15) is 0 Å². The van der Waals surface area contributed by atoms with E-state index in [4.69, 9.17) is 5.11 Å². The van der Waals surface area contributed by atoms with Crippen LogP contribution < -0.4 is 5.32 Å². The van der Waals surface area contributed by atoms with Gasteiger partial charge in [0, 0.05) is 29.4 Å². The number of hydrogen-bond donors (Lipinski definition) is 2. The molecule has 2 aromatic rings. The van der Waals surface area contributed by atoms with E-state index in [9.17, 15) is 9.59 Å². The number of nitrogens with one attached hydrogen (secondary N) is 1. The first-order valence-electron chi connectivity index (χ1n) is 6.25. The Kier molecular flexibility index (Phi) is 4.84. The molecule has 1 amide bonds. The second-order valence-electron chi connectivity index (χ2n) is 4.36. The van der Waals surface area contributed by atoms with Gasteiger partial charge in [0.15, 0.2) is 0 Å². The van der Waals surface area contributed by atoms with Gasteiger partial charge < -0.3 is 10.4 Å². The van der Waals surface area contributed by atoms with Crippen molar-refractivity contribution in [3.05, 3.63) is 57.6 Å². The lowest BCUT2D eigenvalue weighted by molar-refractivity contribution is -0.131. The Hall–Kier alpha value is -2.47. The zero-order chi connectivity index (χ0) is 15.2. The molecule has 5 nitrogen and oxygen atoms in total. The molecule has 0 saturated carbocycles. The van der Waals surface area contributed by atoms with Crippen LogP contribution in [0.4, 0.5) is 0 Å². The third-order valence-electron chi connectivity index (χ3n) is 2.67. The summed E-state index contributed by atoms with van der Waals surface area (Å²) in [4.78, 5) is 27.8. The molecule has 0 radical (unpaired) electrons. The van der Waals surface area contributed by atoms with Gasteiger partial charge in [-0.15, -0.1) is 11.3 Å². The van der Waals surface area contributed by atoms with E-state index < -0.39 is 5.97 Å². The van der Waals surface area contributed by atoms with Crippen molar-refractivity contribution in [3.8, 4) is 0 Å². The molecule has 0 saturated heterocycles. The van der Waals surface area contributed by atoms with Crippen LogP contribution in [0.1, 0.15) is 25.8 Å². The highest BCUT2D eigenvalue weighted by Gasteiger charge is 2.08. The lowest BCUT2D eigenvalue weighted by atomic mass is 10.2. The summed E-state index contributed by atoms with van der Waals surface area (Å²) in [6.45, 7) is 2.31. The van der Waals surface area contributed by atoms with Gasteiger partial charge in [0.05, 0.1) is 4.88 Å². The van der Waals surface area contributed by atoms with Crippen molar-refractivity contribution in [2.75, 3.05) is 0 Å². The fourth-order valence-corrected chi connectivity index (χ4v) is 2.42. The molecular weight excluding hydrogens is 288 g/mol. The number of hydrogen-bond acceptors (Lipinski definition) is 4. The smallest absolute Gasteiger partial charge is 0.328 e. The van der Waals surface area contributed by atoms with Crippen LogP contribution in [0.2, 0.25) is 0 Å². The Bertz CT molecular complexity index is 674. The Morgan fingerprint density at radius 1 is 1.33 bits per heavy atom. The summed E-state index contributed by atoms with van der Waals surface area (Å²) in [5, 5.41) is 11.4. The van der Waals surface area contributed by atoms with Crippen molar-refractivity contribution in [3.63, 3.8) is 0 Å². The molecule has 108 valence electrons. The highest BCUT2D eigenvalue weighted by atomic mass is 32.1. The number of aliphatic carboxylic acids is 1. The first kappa shape index (κ1) is 14.9. The standard InChI is InChI=1S/C15H14N2O3S/c1-10-2-3-11(8-16-10)9-17-15(20)13-6-4-12(21-13)5-7-14(18)19/h2-8H,9H2,1H3,(H,17,20)(H,18,19). The van der Waals surface area contributed by atoms with Crippen molar-refractivity contribution in [1.82, 2.24) is 10.3 Å². The van der Waals surface area contributed by atoms with Gasteiger partial charge in [-0.3, -0.25) is 9.78 Å². The maximum Gasteiger partial charge on any atom is 0.328 e. The third kappa shape index (κ3) is 4.54. The van der Waals surface area contributed by atoms with Crippen LogP contribution in [0.15, 0.2) is 36.5 Å². The van der Waals surface area contributed by atoms with Gasteiger partial charge in [0.25, 0.3) is 5.91 Å². The van der Waals surface area contributed by atoms with Gasteiger partial charge in [0.2, 0.25) is 0 Å². The van der Waals surface area contributed by atoms with E-state index in [2.05, 4.69) is 10.3 Å². The summed E-state index contributed by atoms with van der Waals surface area (Å²) in [5.74, 6) is -1.20. The van der Waals surface area contributed by atoms with Crippen LogP contribution in [0.25, 0.3) is 6.08 Å². The van der Waals surface area contributed by atoms with Gasteiger partial charge in [-0.2, -0.15) is 0 Å². The van der Waals surface area contributed by atoms with E-state index in [0.717, 1.165) is 22.2 Å². The predicted molar refractivity (Wildman–Crippen MR) is 81.1 cm³/mol. The fraction of sp³-hybridized carbons (Fsp3) is 0.133. The lowest BCUT2D eigenvalue weighted by Crippen LogP contribution is -2.21. The number of thiophene rings is 1. The molecule has 0 unspecified atom stereocenters. The molecule has 2 rings (SSSR count). The van der Waals surface area contributed by atoms with E-state index >= 15 is 0 Å². The summed E-state index contributed by atoms with van der Waals surface area (Å²) < 4.78 is 0. The normalized spacial score (nSPS) is 10.7. The Morgan fingerprint density at radius 3 is 2.81 bits per heavy atom. The Morgan fingerprint density at radius 2 is 2.14 bits per heavy atom. The molecule has 2 N–H and O–H groups in total. The highest BCUT2D eigenvalue weighted by molar-refractivity contribution is 7.14. The zero-order valence-electron chi connectivity index (χ0n) is 11.4. The SMILES string of the molecule is Cc1ccc(CNC(=O)c2ccc(C=CC(=O)O)s2)cn1. The lowest BCUT2D eigenvalue weighted by Gasteiger charge is -2.03. The van der Waals surface area contributed by atoms with E-state index in [0.29, 0.717) is 11.4 Å². The number of amides is 1. The van der Waals surface area contributed by atoms with Crippen LogP contribution in [0, 0.1) is 6.92 Å². The van der Waals surface area contributed by atoms with Crippen molar-refractivity contribution in [1.29, 1.82) is 0 Å². The van der Waals surface area contributed by atoms with Crippen molar-refractivity contribution in [2.45, 2.75) is 13.5 Å². The number of nitrogens with zero attached hydrogens (tertiary/aromatic N) is 1. The molecule has 0 aliphatic carbocycles. The minimum Gasteiger partial charge on any atom is -0.478 e. The molecule has 0 spiro atoms. The average molecular weight is 302 g/mol. The summed E-state index contributed by atoms with van der Waals surface area (Å²) in [5.41, 5.74) is 1.86. The molecular formula is C15H14N2O3S. The quantitative estimate of drug-likeness (QED) is 0.832. The van der Waals surface area contributed by atoms with Crippen LogP contribution in [0.5, 0.6) is 0 Å². The predicted octanol–water partition coefficient (Wildman–Crippen LogP) is 2.48. The van der Waals surface area contributed by atoms with Crippen LogP contribution in [-0.2, 0) is 11.3 Å². The number of carbonyl (C=O) groups excluding carboxylic acids is 1. The van der Waals surface area contributed by atoms with E-state index in [1.54, 1.807) is 18.3 Å². The molecule has 2 heterocycles. The zero-order valence-corrected chi connectivity index (χ0v) is 12.2. The number of rotatable bonds is 5. The van der Waals surface area contributed by atoms with Crippen LogP contribution in [-0.4, -0.2) is 22.0 Å². The summed E-state index contributed by atoms with van der Waals surface area (Å²) >= 11 is 1.24. The number of aromatic nitrogens is 1. The molecule has 0 fully saturated rings. The number of pyridine rings is 1. The minimum atomic E-state index is -1.01. The number of aryl methyl sites for hydroxylation is 1. The van der Waals surface area contributed by atoms with Gasteiger partial charge in [-0.1, -0.05) is 6.07 Å². The molecule has 6 heteroatoms. The summed E-state index contributed by atoms with van der Waals surface area (Å²) in [6.07, 6.45) is 4.24. The first-order chi connectivity index (χ1) is 10.0. The summed E-state index contributed by atoms with van der Waals surface area (Å²) in [6, 6.07) is 7.20. The van der Waals surface area contributed by atoms with E-state index in [1.165, 1.54) is 17.4 Å². The number of carboxylic acids is 1. The van der Waals surface area contributed by atoms with Crippen molar-refractivity contribution < 1.29 is 14.7 Å². The Balaban J connectivity index is 1.94. The molecule has 21 heavy (non-hydrogen) atoms. The summed E-state index contributed by atoms with van der Waals surface area (Å²) in [7, 11) is 0. The molecule has 0 aliphatic rings. The van der Waals surface area contributed by atoms with Crippen molar-refractivity contribution >= 4 is 29.3 Å². The highest BCUT2D eigenvalue weighted by Crippen LogP contribution is 2.18. The maximum atomic E-state index is 12.0. The molecule has 0 aliphatic heterocycles. The molecule has 0 bridgehead atoms. The second kappa shape index (κ2) is 6.81. The van der Waals surface area contributed by atoms with Gasteiger partial charge >= 0.3 is 5.97 Å². The topological polar surface area (TPSA) is 79.3 Å².